The maximum Gasteiger partial charge on any atom is 0.242 e. The number of benzene rings is 2. The Labute approximate surface area is 149 Å². The summed E-state index contributed by atoms with van der Waals surface area (Å²) in [6.07, 6.45) is 1.83. The summed E-state index contributed by atoms with van der Waals surface area (Å²) in [5.41, 5.74) is 2.68. The average Bonchev–Trinajstić information content (AvgIpc) is 2.61. The summed E-state index contributed by atoms with van der Waals surface area (Å²) >= 11 is 0. The highest BCUT2D eigenvalue weighted by molar-refractivity contribution is 5.95. The summed E-state index contributed by atoms with van der Waals surface area (Å²) in [4.78, 5) is 23.8. The lowest BCUT2D eigenvalue weighted by atomic mass is 10.1. The van der Waals surface area contributed by atoms with Crippen molar-refractivity contribution >= 4 is 17.4 Å². The zero-order valence-corrected chi connectivity index (χ0v) is 15.1. The van der Waals surface area contributed by atoms with E-state index in [-0.39, 0.29) is 23.8 Å². The molecule has 0 bridgehead atoms. The van der Waals surface area contributed by atoms with Gasteiger partial charge in [0.25, 0.3) is 0 Å². The Bertz CT molecular complexity index is 713. The summed E-state index contributed by atoms with van der Waals surface area (Å²) in [7, 11) is 0. The fourth-order valence-electron chi connectivity index (χ4n) is 2.61. The Balaban J connectivity index is 1.83. The highest BCUT2D eigenvalue weighted by Crippen LogP contribution is 2.12. The first-order valence-corrected chi connectivity index (χ1v) is 8.67. The van der Waals surface area contributed by atoms with E-state index in [1.165, 1.54) is 12.5 Å². The fraction of sp³-hybridized carbons (Fsp3) is 0.333. The van der Waals surface area contributed by atoms with Gasteiger partial charge < -0.3 is 10.6 Å². The molecule has 132 valence electrons. The molecule has 0 heterocycles. The highest BCUT2D eigenvalue weighted by atomic mass is 16.2. The lowest BCUT2D eigenvalue weighted by molar-refractivity contribution is -0.122. The molecule has 25 heavy (non-hydrogen) atoms. The zero-order valence-electron chi connectivity index (χ0n) is 15.1. The van der Waals surface area contributed by atoms with Crippen molar-refractivity contribution in [3.8, 4) is 0 Å². The van der Waals surface area contributed by atoms with Gasteiger partial charge in [0.15, 0.2) is 5.78 Å². The Morgan fingerprint density at radius 1 is 1.00 bits per heavy atom. The van der Waals surface area contributed by atoms with Gasteiger partial charge in [0.1, 0.15) is 6.04 Å². The first kappa shape index (κ1) is 18.7. The fourth-order valence-corrected chi connectivity index (χ4v) is 2.61. The van der Waals surface area contributed by atoms with Gasteiger partial charge in [-0.3, -0.25) is 9.59 Å². The number of aryl methyl sites for hydroxylation is 1. The molecule has 0 aliphatic carbocycles. The van der Waals surface area contributed by atoms with Crippen molar-refractivity contribution in [3.05, 3.63) is 65.7 Å². The van der Waals surface area contributed by atoms with Gasteiger partial charge in [0, 0.05) is 17.3 Å². The molecule has 4 heteroatoms. The molecule has 0 aliphatic heterocycles. The molecule has 2 rings (SSSR count). The van der Waals surface area contributed by atoms with Crippen LogP contribution in [0.25, 0.3) is 0 Å². The minimum Gasteiger partial charge on any atom is -0.374 e. The van der Waals surface area contributed by atoms with Gasteiger partial charge in [-0.1, -0.05) is 42.5 Å². The second kappa shape index (κ2) is 9.02. The highest BCUT2D eigenvalue weighted by Gasteiger charge is 2.15. The molecule has 2 atom stereocenters. The number of nitrogens with one attached hydrogen (secondary N) is 2. The molecule has 0 radical (unpaired) electrons. The van der Waals surface area contributed by atoms with E-state index in [0.29, 0.717) is 5.56 Å². The summed E-state index contributed by atoms with van der Waals surface area (Å²) in [5, 5.41) is 6.19. The van der Waals surface area contributed by atoms with E-state index in [1.807, 2.05) is 44.2 Å². The number of carbonyl (C=O) groups is 2. The van der Waals surface area contributed by atoms with E-state index in [0.717, 1.165) is 18.5 Å². The minimum atomic E-state index is -0.374. The van der Waals surface area contributed by atoms with E-state index < -0.39 is 0 Å². The first-order chi connectivity index (χ1) is 12.0. The molecule has 0 unspecified atom stereocenters. The zero-order chi connectivity index (χ0) is 18.2. The van der Waals surface area contributed by atoms with Crippen LogP contribution in [-0.4, -0.2) is 23.8 Å². The average molecular weight is 338 g/mol. The van der Waals surface area contributed by atoms with Gasteiger partial charge in [-0.15, -0.1) is 0 Å². The van der Waals surface area contributed by atoms with Gasteiger partial charge in [0.2, 0.25) is 5.91 Å². The van der Waals surface area contributed by atoms with Crippen LogP contribution < -0.4 is 10.6 Å². The third-order valence-electron chi connectivity index (χ3n) is 4.14. The molecular weight excluding hydrogens is 312 g/mol. The normalized spacial score (nSPS) is 12.9. The van der Waals surface area contributed by atoms with Crippen molar-refractivity contribution in [1.29, 1.82) is 0 Å². The van der Waals surface area contributed by atoms with Crippen LogP contribution in [0.4, 0.5) is 5.69 Å². The molecule has 0 saturated carbocycles. The second-order valence-corrected chi connectivity index (χ2v) is 6.44. The number of hydrogen-bond donors (Lipinski definition) is 2. The lowest BCUT2D eigenvalue weighted by Crippen LogP contribution is -2.42. The molecule has 0 aromatic heterocycles. The number of Topliss-reactive ketones (excluding diaryl/α,β-unsaturated/α-hetero) is 1. The molecule has 2 aromatic carbocycles. The quantitative estimate of drug-likeness (QED) is 0.719. The molecule has 2 aromatic rings. The van der Waals surface area contributed by atoms with Gasteiger partial charge >= 0.3 is 0 Å². The van der Waals surface area contributed by atoms with Crippen molar-refractivity contribution < 1.29 is 9.59 Å². The molecule has 0 aliphatic rings. The number of hydrogen-bond acceptors (Lipinski definition) is 3. The standard InChI is InChI=1S/C21H26N2O2/c1-15(12-13-18-8-5-4-6-9-18)22-21(25)16(2)23-20-11-7-10-19(14-20)17(3)24/h4-11,14-16,23H,12-13H2,1-3H3,(H,22,25)/t15-,16-/m1/s1. The third-order valence-corrected chi connectivity index (χ3v) is 4.14. The molecule has 4 nitrogen and oxygen atoms in total. The molecule has 0 fully saturated rings. The monoisotopic (exact) mass is 338 g/mol. The Morgan fingerprint density at radius 3 is 2.40 bits per heavy atom. The van der Waals surface area contributed by atoms with Crippen LogP contribution >= 0.6 is 0 Å². The molecule has 2 N–H and O–H groups in total. The maximum absolute atomic E-state index is 12.3. The van der Waals surface area contributed by atoms with Crippen LogP contribution in [0.1, 0.15) is 43.1 Å². The van der Waals surface area contributed by atoms with Crippen LogP contribution in [0.5, 0.6) is 0 Å². The van der Waals surface area contributed by atoms with Crippen LogP contribution in [0, 0.1) is 0 Å². The van der Waals surface area contributed by atoms with Gasteiger partial charge in [0.05, 0.1) is 0 Å². The van der Waals surface area contributed by atoms with E-state index in [9.17, 15) is 9.59 Å². The topological polar surface area (TPSA) is 58.2 Å². The van der Waals surface area contributed by atoms with E-state index in [4.69, 9.17) is 0 Å². The lowest BCUT2D eigenvalue weighted by Gasteiger charge is -2.19. The third kappa shape index (κ3) is 6.07. The molecular formula is C21H26N2O2. The van der Waals surface area contributed by atoms with Crippen molar-refractivity contribution in [2.45, 2.75) is 45.7 Å². The summed E-state index contributed by atoms with van der Waals surface area (Å²) < 4.78 is 0. The summed E-state index contributed by atoms with van der Waals surface area (Å²) in [6.45, 7) is 5.37. The minimum absolute atomic E-state index is 0.00953. The smallest absolute Gasteiger partial charge is 0.242 e. The van der Waals surface area contributed by atoms with Crippen molar-refractivity contribution in [2.75, 3.05) is 5.32 Å². The first-order valence-electron chi connectivity index (χ1n) is 8.67. The summed E-state index contributed by atoms with van der Waals surface area (Å²) in [5.74, 6) is -0.0379. The van der Waals surface area contributed by atoms with E-state index in [2.05, 4.69) is 22.8 Å². The second-order valence-electron chi connectivity index (χ2n) is 6.44. The van der Waals surface area contributed by atoms with Crippen molar-refractivity contribution in [1.82, 2.24) is 5.32 Å². The van der Waals surface area contributed by atoms with Crippen LogP contribution in [0.3, 0.4) is 0 Å². The predicted molar refractivity (Wildman–Crippen MR) is 102 cm³/mol. The van der Waals surface area contributed by atoms with Crippen LogP contribution in [-0.2, 0) is 11.2 Å². The van der Waals surface area contributed by atoms with Crippen LogP contribution in [0.15, 0.2) is 54.6 Å². The van der Waals surface area contributed by atoms with Crippen molar-refractivity contribution in [2.24, 2.45) is 0 Å². The number of anilines is 1. The predicted octanol–water partition coefficient (Wildman–Crippen LogP) is 3.83. The molecule has 0 spiro atoms. The Hall–Kier alpha value is -2.62. The number of amides is 1. The van der Waals surface area contributed by atoms with Gasteiger partial charge in [-0.25, -0.2) is 0 Å². The largest absolute Gasteiger partial charge is 0.374 e. The van der Waals surface area contributed by atoms with E-state index in [1.54, 1.807) is 12.1 Å². The molecule has 0 saturated heterocycles. The summed E-state index contributed by atoms with van der Waals surface area (Å²) in [6, 6.07) is 17.2. The number of rotatable bonds is 8. The van der Waals surface area contributed by atoms with Crippen molar-refractivity contribution in [3.63, 3.8) is 0 Å². The van der Waals surface area contributed by atoms with E-state index >= 15 is 0 Å². The van der Waals surface area contributed by atoms with Gasteiger partial charge in [-0.2, -0.15) is 0 Å². The molecule has 1 amide bonds. The Kier molecular flexibility index (Phi) is 6.75. The maximum atomic E-state index is 12.3. The Morgan fingerprint density at radius 2 is 1.72 bits per heavy atom. The number of ketones is 1. The van der Waals surface area contributed by atoms with Crippen LogP contribution in [0.2, 0.25) is 0 Å². The SMILES string of the molecule is CC(=O)c1cccc(N[C@H](C)C(=O)N[C@H](C)CCc2ccccc2)c1. The number of carbonyl (C=O) groups excluding carboxylic acids is 2. The van der Waals surface area contributed by atoms with Gasteiger partial charge in [-0.05, 0) is 51.3 Å².